The van der Waals surface area contributed by atoms with E-state index in [4.69, 9.17) is 0 Å². The summed E-state index contributed by atoms with van der Waals surface area (Å²) in [5.41, 5.74) is 0.884. The van der Waals surface area contributed by atoms with Crippen LogP contribution in [-0.4, -0.2) is 24.1 Å². The van der Waals surface area contributed by atoms with E-state index in [0.717, 1.165) is 36.0 Å². The van der Waals surface area contributed by atoms with Gasteiger partial charge >= 0.3 is 0 Å². The van der Waals surface area contributed by atoms with Crippen LogP contribution >= 0.6 is 0 Å². The van der Waals surface area contributed by atoms with E-state index in [9.17, 15) is 4.39 Å². The predicted octanol–water partition coefficient (Wildman–Crippen LogP) is 3.38. The zero-order valence-electron chi connectivity index (χ0n) is 12.0. The van der Waals surface area contributed by atoms with Crippen molar-refractivity contribution in [1.82, 2.24) is 9.97 Å². The van der Waals surface area contributed by atoms with E-state index in [1.54, 1.807) is 12.1 Å². The third kappa shape index (κ3) is 3.23. The molecule has 1 aromatic carbocycles. The van der Waals surface area contributed by atoms with E-state index >= 15 is 0 Å². The minimum atomic E-state index is -0.243. The summed E-state index contributed by atoms with van der Waals surface area (Å²) in [6, 6.07) is 8.23. The Hall–Kier alpha value is -2.17. The Morgan fingerprint density at radius 3 is 2.50 bits per heavy atom. The lowest BCUT2D eigenvalue weighted by molar-refractivity contribution is 0.628. The second-order valence-corrected chi connectivity index (χ2v) is 4.56. The van der Waals surface area contributed by atoms with E-state index in [0.29, 0.717) is 0 Å². The van der Waals surface area contributed by atoms with Crippen molar-refractivity contribution < 1.29 is 4.39 Å². The van der Waals surface area contributed by atoms with Crippen molar-refractivity contribution in [2.75, 3.05) is 24.3 Å². The summed E-state index contributed by atoms with van der Waals surface area (Å²) in [5, 5.41) is 3.04. The molecular formula is C15H19FN4. The number of rotatable bonds is 5. The van der Waals surface area contributed by atoms with Gasteiger partial charge in [0.25, 0.3) is 0 Å². The van der Waals surface area contributed by atoms with Crippen molar-refractivity contribution in [2.24, 2.45) is 0 Å². The number of hydrogen-bond acceptors (Lipinski definition) is 4. The van der Waals surface area contributed by atoms with Gasteiger partial charge in [-0.2, -0.15) is 0 Å². The van der Waals surface area contributed by atoms with Crippen molar-refractivity contribution in [3.8, 4) is 0 Å². The number of aromatic nitrogens is 2. The fraction of sp³-hybridized carbons (Fsp3) is 0.333. The highest BCUT2D eigenvalue weighted by molar-refractivity contribution is 5.61. The fourth-order valence-corrected chi connectivity index (χ4v) is 1.92. The Labute approximate surface area is 118 Å². The summed E-state index contributed by atoms with van der Waals surface area (Å²) in [5.74, 6) is 2.14. The quantitative estimate of drug-likeness (QED) is 0.907. The van der Waals surface area contributed by atoms with Crippen molar-refractivity contribution >= 4 is 17.3 Å². The highest BCUT2D eigenvalue weighted by Gasteiger charge is 2.09. The highest BCUT2D eigenvalue weighted by Crippen LogP contribution is 2.24. The number of halogens is 1. The van der Waals surface area contributed by atoms with Crippen LogP contribution < -0.4 is 10.2 Å². The van der Waals surface area contributed by atoms with Crippen molar-refractivity contribution in [1.29, 1.82) is 0 Å². The molecule has 20 heavy (non-hydrogen) atoms. The first-order chi connectivity index (χ1) is 9.63. The molecule has 0 unspecified atom stereocenters. The Morgan fingerprint density at radius 1 is 1.20 bits per heavy atom. The topological polar surface area (TPSA) is 41.1 Å². The van der Waals surface area contributed by atoms with Crippen LogP contribution in [0.4, 0.5) is 21.7 Å². The first kappa shape index (κ1) is 14.2. The summed E-state index contributed by atoms with van der Waals surface area (Å²) >= 11 is 0. The Kier molecular flexibility index (Phi) is 4.50. The van der Waals surface area contributed by atoms with Crippen molar-refractivity contribution in [3.63, 3.8) is 0 Å². The molecule has 0 aliphatic rings. The summed E-state index contributed by atoms with van der Waals surface area (Å²) in [7, 11) is 3.74. The fourth-order valence-electron chi connectivity index (χ4n) is 1.92. The molecule has 0 saturated carbocycles. The average molecular weight is 274 g/mol. The Balaban J connectivity index is 2.34. The molecule has 0 aliphatic heterocycles. The third-order valence-corrected chi connectivity index (χ3v) is 3.05. The maximum absolute atomic E-state index is 13.0. The molecule has 2 rings (SSSR count). The molecule has 0 saturated heterocycles. The molecule has 4 nitrogen and oxygen atoms in total. The average Bonchev–Trinajstić information content (AvgIpc) is 2.47. The molecule has 1 aromatic heterocycles. The van der Waals surface area contributed by atoms with E-state index in [1.165, 1.54) is 12.1 Å². The molecule has 1 heterocycles. The smallest absolute Gasteiger partial charge is 0.138 e. The molecule has 0 radical (unpaired) electrons. The number of anilines is 3. The molecule has 0 spiro atoms. The molecule has 5 heteroatoms. The molecule has 2 aromatic rings. The van der Waals surface area contributed by atoms with Gasteiger partial charge in [0.05, 0.1) is 0 Å². The Morgan fingerprint density at radius 2 is 1.90 bits per heavy atom. The largest absolute Gasteiger partial charge is 0.373 e. The number of nitrogens with one attached hydrogen (secondary N) is 1. The first-order valence-electron chi connectivity index (χ1n) is 6.69. The zero-order valence-corrected chi connectivity index (χ0v) is 12.0. The highest BCUT2D eigenvalue weighted by atomic mass is 19.1. The van der Waals surface area contributed by atoms with Crippen LogP contribution in [0.3, 0.4) is 0 Å². The Bertz CT molecular complexity index is 569. The summed E-state index contributed by atoms with van der Waals surface area (Å²) in [4.78, 5) is 10.9. The van der Waals surface area contributed by atoms with Crippen LogP contribution in [0, 0.1) is 5.82 Å². The summed E-state index contributed by atoms with van der Waals surface area (Å²) in [6.07, 6.45) is 1.83. The summed E-state index contributed by atoms with van der Waals surface area (Å²) in [6.45, 7) is 2.10. The normalized spacial score (nSPS) is 10.4. The maximum Gasteiger partial charge on any atom is 0.138 e. The first-order valence-corrected chi connectivity index (χ1v) is 6.69. The van der Waals surface area contributed by atoms with Crippen LogP contribution in [0.2, 0.25) is 0 Å². The lowest BCUT2D eigenvalue weighted by Gasteiger charge is -2.19. The molecule has 0 aliphatic carbocycles. The predicted molar refractivity (Wildman–Crippen MR) is 80.0 cm³/mol. The molecule has 0 bridgehead atoms. The lowest BCUT2D eigenvalue weighted by Crippen LogP contribution is -2.13. The van der Waals surface area contributed by atoms with Gasteiger partial charge in [-0.15, -0.1) is 0 Å². The number of aryl methyl sites for hydroxylation is 1. The number of hydrogen-bond donors (Lipinski definition) is 1. The van der Waals surface area contributed by atoms with Gasteiger partial charge in [-0.25, -0.2) is 14.4 Å². The van der Waals surface area contributed by atoms with E-state index in [-0.39, 0.29) is 5.82 Å². The van der Waals surface area contributed by atoms with E-state index < -0.39 is 0 Å². The minimum absolute atomic E-state index is 0.243. The molecule has 0 amide bonds. The van der Waals surface area contributed by atoms with Gasteiger partial charge in [-0.1, -0.05) is 6.92 Å². The van der Waals surface area contributed by atoms with Crippen molar-refractivity contribution in [3.05, 3.63) is 42.0 Å². The van der Waals surface area contributed by atoms with Crippen LogP contribution in [0.5, 0.6) is 0 Å². The molecule has 1 N–H and O–H groups in total. The van der Waals surface area contributed by atoms with Gasteiger partial charge in [0, 0.05) is 32.3 Å². The van der Waals surface area contributed by atoms with Crippen LogP contribution in [0.25, 0.3) is 0 Å². The second-order valence-electron chi connectivity index (χ2n) is 4.56. The van der Waals surface area contributed by atoms with Crippen molar-refractivity contribution in [2.45, 2.75) is 19.8 Å². The number of benzene rings is 1. The van der Waals surface area contributed by atoms with Gasteiger partial charge in [-0.05, 0) is 30.7 Å². The molecule has 0 fully saturated rings. The van der Waals surface area contributed by atoms with Gasteiger partial charge in [0.15, 0.2) is 0 Å². The van der Waals surface area contributed by atoms with Gasteiger partial charge < -0.3 is 10.2 Å². The lowest BCUT2D eigenvalue weighted by atomic mass is 10.3. The minimum Gasteiger partial charge on any atom is -0.373 e. The molecular weight excluding hydrogens is 255 g/mol. The van der Waals surface area contributed by atoms with Crippen LogP contribution in [0.1, 0.15) is 19.2 Å². The van der Waals surface area contributed by atoms with Gasteiger partial charge in [0.2, 0.25) is 0 Å². The standard InChI is InChI=1S/C15H19FN4/c1-4-5-13-18-14(17-2)10-15(19-13)20(3)12-8-6-11(16)7-9-12/h6-10H,4-5H2,1-3H3,(H,17,18,19). The monoisotopic (exact) mass is 274 g/mol. The van der Waals surface area contributed by atoms with E-state index in [1.807, 2.05) is 25.1 Å². The summed E-state index contributed by atoms with van der Waals surface area (Å²) < 4.78 is 13.0. The second kappa shape index (κ2) is 6.32. The maximum atomic E-state index is 13.0. The zero-order chi connectivity index (χ0) is 14.5. The number of nitrogens with zero attached hydrogens (tertiary/aromatic N) is 3. The molecule has 0 atom stereocenters. The van der Waals surface area contributed by atoms with Gasteiger partial charge in [-0.3, -0.25) is 0 Å². The van der Waals surface area contributed by atoms with Crippen LogP contribution in [-0.2, 0) is 6.42 Å². The van der Waals surface area contributed by atoms with Crippen LogP contribution in [0.15, 0.2) is 30.3 Å². The van der Waals surface area contributed by atoms with Gasteiger partial charge in [0.1, 0.15) is 23.3 Å². The molecule has 106 valence electrons. The third-order valence-electron chi connectivity index (χ3n) is 3.05. The van der Waals surface area contributed by atoms with E-state index in [2.05, 4.69) is 22.2 Å². The SMILES string of the molecule is CCCc1nc(NC)cc(N(C)c2ccc(F)cc2)n1.